The number of para-hydroxylation sites is 2. The third-order valence-corrected chi connectivity index (χ3v) is 5.79. The molecule has 170 valence electrons. The highest BCUT2D eigenvalue weighted by Gasteiger charge is 2.23. The third kappa shape index (κ3) is 6.29. The van der Waals surface area contributed by atoms with Crippen LogP contribution < -0.4 is 15.4 Å². The Kier molecular flexibility index (Phi) is 8.62. The van der Waals surface area contributed by atoms with Crippen molar-refractivity contribution in [1.29, 1.82) is 0 Å². The maximum absolute atomic E-state index is 13.1. The minimum absolute atomic E-state index is 0.0243. The first-order valence-corrected chi connectivity index (χ1v) is 11.6. The normalized spacial score (nSPS) is 14.0. The second-order valence-electron chi connectivity index (χ2n) is 8.13. The van der Waals surface area contributed by atoms with Crippen LogP contribution in [0.3, 0.4) is 0 Å². The summed E-state index contributed by atoms with van der Waals surface area (Å²) < 4.78 is 5.75. The number of anilines is 1. The number of nitrogens with zero attached hydrogens (tertiary/aromatic N) is 1. The van der Waals surface area contributed by atoms with E-state index in [4.69, 9.17) is 17.0 Å². The molecule has 0 aliphatic carbocycles. The number of carbonyl (C=O) groups is 2. The number of thiocarbonyl (C=S) groups is 1. The number of rotatable bonds is 7. The average Bonchev–Trinajstić information content (AvgIpc) is 2.80. The van der Waals surface area contributed by atoms with Crippen LogP contribution >= 0.6 is 12.2 Å². The summed E-state index contributed by atoms with van der Waals surface area (Å²) >= 11 is 5.37. The van der Waals surface area contributed by atoms with E-state index in [1.807, 2.05) is 23.1 Å². The van der Waals surface area contributed by atoms with Gasteiger partial charge in [0.1, 0.15) is 5.75 Å². The molecule has 2 N–H and O–H groups in total. The van der Waals surface area contributed by atoms with E-state index in [0.717, 1.165) is 38.8 Å². The molecule has 1 aliphatic heterocycles. The maximum atomic E-state index is 13.1. The molecule has 7 heteroatoms. The van der Waals surface area contributed by atoms with Crippen LogP contribution in [0.4, 0.5) is 5.69 Å². The lowest BCUT2D eigenvalue weighted by Gasteiger charge is -2.31. The predicted octanol–water partition coefficient (Wildman–Crippen LogP) is 4.86. The molecule has 0 spiro atoms. The first-order chi connectivity index (χ1) is 15.5. The second kappa shape index (κ2) is 11.6. The van der Waals surface area contributed by atoms with Crippen LogP contribution in [0.25, 0.3) is 0 Å². The van der Waals surface area contributed by atoms with Gasteiger partial charge in [0, 0.05) is 13.1 Å². The highest BCUT2D eigenvalue weighted by Crippen LogP contribution is 2.22. The lowest BCUT2D eigenvalue weighted by atomic mass is 9.98. The molecule has 1 aliphatic rings. The Morgan fingerprint density at radius 3 is 2.44 bits per heavy atom. The van der Waals surface area contributed by atoms with Crippen molar-refractivity contribution in [1.82, 2.24) is 10.2 Å². The molecule has 1 saturated heterocycles. The van der Waals surface area contributed by atoms with Crippen molar-refractivity contribution in [2.24, 2.45) is 5.92 Å². The lowest BCUT2D eigenvalue weighted by molar-refractivity contribution is 0.0698. The molecular weight excluding hydrogens is 422 g/mol. The number of ether oxygens (including phenoxy) is 1. The zero-order valence-corrected chi connectivity index (χ0v) is 19.5. The van der Waals surface area contributed by atoms with E-state index >= 15 is 0 Å². The smallest absolute Gasteiger partial charge is 0.261 e. The molecule has 2 amide bonds. The number of hydrogen-bond acceptors (Lipinski definition) is 4. The average molecular weight is 454 g/mol. The number of likely N-dealkylation sites (tertiary alicyclic amines) is 1. The molecular formula is C25H31N3O3S. The van der Waals surface area contributed by atoms with Crippen molar-refractivity contribution in [3.8, 4) is 5.75 Å². The number of hydrogen-bond donors (Lipinski definition) is 2. The third-order valence-electron chi connectivity index (χ3n) is 5.59. The van der Waals surface area contributed by atoms with Gasteiger partial charge >= 0.3 is 0 Å². The topological polar surface area (TPSA) is 70.7 Å². The molecule has 2 aromatic carbocycles. The number of carbonyl (C=O) groups excluding carboxylic acids is 2. The van der Waals surface area contributed by atoms with Crippen molar-refractivity contribution < 1.29 is 14.3 Å². The lowest BCUT2D eigenvalue weighted by Crippen LogP contribution is -2.39. The van der Waals surface area contributed by atoms with Crippen molar-refractivity contribution >= 4 is 34.8 Å². The molecule has 0 radical (unpaired) electrons. The molecule has 0 bridgehead atoms. The van der Waals surface area contributed by atoms with Gasteiger partial charge in [-0.25, -0.2) is 0 Å². The summed E-state index contributed by atoms with van der Waals surface area (Å²) in [6.07, 6.45) is 3.94. The van der Waals surface area contributed by atoms with Gasteiger partial charge in [-0.05, 0) is 61.7 Å². The predicted molar refractivity (Wildman–Crippen MR) is 131 cm³/mol. The summed E-state index contributed by atoms with van der Waals surface area (Å²) in [5, 5.41) is 5.86. The summed E-state index contributed by atoms with van der Waals surface area (Å²) in [6.45, 7) is 6.36. The maximum Gasteiger partial charge on any atom is 0.261 e. The van der Waals surface area contributed by atoms with Gasteiger partial charge in [0.2, 0.25) is 0 Å². The Morgan fingerprint density at radius 2 is 1.72 bits per heavy atom. The van der Waals surface area contributed by atoms with Crippen molar-refractivity contribution in [2.45, 2.75) is 39.5 Å². The quantitative estimate of drug-likeness (QED) is 0.463. The molecule has 0 saturated carbocycles. The number of nitrogens with one attached hydrogen (secondary N) is 2. The van der Waals surface area contributed by atoms with E-state index in [-0.39, 0.29) is 16.9 Å². The standard InChI is InChI=1S/C25H31N3O3S/c1-3-4-17-31-22-12-8-6-10-20(22)23(29)27-25(32)26-21-11-7-5-9-19(21)24(30)28-15-13-18(2)14-16-28/h5-12,18H,3-4,13-17H2,1-2H3,(H2,26,27,29,32). The van der Waals surface area contributed by atoms with E-state index in [9.17, 15) is 9.59 Å². The van der Waals surface area contributed by atoms with Gasteiger partial charge in [-0.15, -0.1) is 0 Å². The SMILES string of the molecule is CCCCOc1ccccc1C(=O)NC(=S)Nc1ccccc1C(=O)N1CCC(C)CC1. The zero-order valence-electron chi connectivity index (χ0n) is 18.7. The summed E-state index contributed by atoms with van der Waals surface area (Å²) in [5.74, 6) is 0.785. The minimum Gasteiger partial charge on any atom is -0.493 e. The minimum atomic E-state index is -0.358. The highest BCUT2D eigenvalue weighted by molar-refractivity contribution is 7.80. The largest absolute Gasteiger partial charge is 0.493 e. The molecule has 0 aromatic heterocycles. The first-order valence-electron chi connectivity index (χ1n) is 11.2. The van der Waals surface area contributed by atoms with E-state index in [0.29, 0.717) is 35.1 Å². The summed E-state index contributed by atoms with van der Waals surface area (Å²) in [4.78, 5) is 27.7. The molecule has 0 unspecified atom stereocenters. The Morgan fingerprint density at radius 1 is 1.06 bits per heavy atom. The molecule has 1 fully saturated rings. The Hall–Kier alpha value is -2.93. The van der Waals surface area contributed by atoms with Crippen molar-refractivity contribution in [2.75, 3.05) is 25.0 Å². The summed E-state index contributed by atoms with van der Waals surface area (Å²) in [5.41, 5.74) is 1.54. The van der Waals surface area contributed by atoms with Crippen molar-refractivity contribution in [3.05, 3.63) is 59.7 Å². The van der Waals surface area contributed by atoms with E-state index in [1.165, 1.54) is 0 Å². The number of amides is 2. The molecule has 1 heterocycles. The fourth-order valence-electron chi connectivity index (χ4n) is 3.59. The molecule has 3 rings (SSSR count). The van der Waals surface area contributed by atoms with Crippen LogP contribution in [0.5, 0.6) is 5.75 Å². The van der Waals surface area contributed by atoms with Crippen LogP contribution in [0, 0.1) is 5.92 Å². The number of benzene rings is 2. The monoisotopic (exact) mass is 453 g/mol. The van der Waals surface area contributed by atoms with E-state index in [1.54, 1.807) is 30.3 Å². The first kappa shape index (κ1) is 23.7. The number of unbranched alkanes of at least 4 members (excludes halogenated alkanes) is 1. The van der Waals surface area contributed by atoms with Gasteiger partial charge in [0.15, 0.2) is 5.11 Å². The fraction of sp³-hybridized carbons (Fsp3) is 0.400. The van der Waals surface area contributed by atoms with Crippen LogP contribution in [0.2, 0.25) is 0 Å². The van der Waals surface area contributed by atoms with Gasteiger partial charge < -0.3 is 15.0 Å². The van der Waals surface area contributed by atoms with Crippen LogP contribution in [-0.4, -0.2) is 41.5 Å². The Balaban J connectivity index is 1.66. The van der Waals surface area contributed by atoms with E-state index in [2.05, 4.69) is 24.5 Å². The molecule has 2 aromatic rings. The van der Waals surface area contributed by atoms with Crippen LogP contribution in [0.15, 0.2) is 48.5 Å². The Labute approximate surface area is 195 Å². The fourth-order valence-corrected chi connectivity index (χ4v) is 3.79. The van der Waals surface area contributed by atoms with Gasteiger partial charge in [0.05, 0.1) is 23.4 Å². The van der Waals surface area contributed by atoms with Crippen LogP contribution in [0.1, 0.15) is 60.2 Å². The Bertz CT molecular complexity index is 955. The summed E-state index contributed by atoms with van der Waals surface area (Å²) in [6, 6.07) is 14.3. The van der Waals surface area contributed by atoms with Gasteiger partial charge in [-0.1, -0.05) is 44.5 Å². The van der Waals surface area contributed by atoms with Gasteiger partial charge in [-0.3, -0.25) is 14.9 Å². The summed E-state index contributed by atoms with van der Waals surface area (Å²) in [7, 11) is 0. The van der Waals surface area contributed by atoms with Crippen LogP contribution in [-0.2, 0) is 0 Å². The highest BCUT2D eigenvalue weighted by atomic mass is 32.1. The molecule has 6 nitrogen and oxygen atoms in total. The zero-order chi connectivity index (χ0) is 22.9. The van der Waals surface area contributed by atoms with Crippen molar-refractivity contribution in [3.63, 3.8) is 0 Å². The van der Waals surface area contributed by atoms with Gasteiger partial charge in [-0.2, -0.15) is 0 Å². The number of piperidine rings is 1. The van der Waals surface area contributed by atoms with Gasteiger partial charge in [0.25, 0.3) is 11.8 Å². The molecule has 32 heavy (non-hydrogen) atoms. The molecule has 0 atom stereocenters. The van der Waals surface area contributed by atoms with E-state index < -0.39 is 0 Å². The second-order valence-corrected chi connectivity index (χ2v) is 8.53.